The molecule has 0 aliphatic carbocycles. The molecule has 0 amide bonds. The zero-order chi connectivity index (χ0) is 18.5. The van der Waals surface area contributed by atoms with Gasteiger partial charge in [0.25, 0.3) is 11.8 Å². The van der Waals surface area contributed by atoms with Gasteiger partial charge in [0.2, 0.25) is 0 Å². The molecular formula is C21H23N3O3. The number of nitrogens with one attached hydrogen (secondary N) is 1. The highest BCUT2D eigenvalue weighted by molar-refractivity contribution is 5.53. The Morgan fingerprint density at radius 3 is 2.48 bits per heavy atom. The van der Waals surface area contributed by atoms with Gasteiger partial charge in [-0.15, -0.1) is 0 Å². The van der Waals surface area contributed by atoms with Crippen molar-refractivity contribution < 1.29 is 14.0 Å². The molecule has 0 atom stereocenters. The molecule has 1 saturated heterocycles. The maximum atomic E-state index is 5.60. The lowest BCUT2D eigenvalue weighted by molar-refractivity contribution is 0.0543. The Bertz CT molecular complexity index is 856. The first kappa shape index (κ1) is 17.5. The highest BCUT2D eigenvalue weighted by atomic mass is 16.5. The molecule has 3 aromatic rings. The molecule has 2 heterocycles. The summed E-state index contributed by atoms with van der Waals surface area (Å²) in [6, 6.07) is 18.1. The van der Waals surface area contributed by atoms with Crippen molar-refractivity contribution in [3.63, 3.8) is 0 Å². The van der Waals surface area contributed by atoms with Crippen molar-refractivity contribution in [2.24, 2.45) is 0 Å². The van der Waals surface area contributed by atoms with E-state index in [1.54, 1.807) is 7.11 Å². The first-order valence-electron chi connectivity index (χ1n) is 9.14. The van der Waals surface area contributed by atoms with Crippen LogP contribution < -0.4 is 10.1 Å². The van der Waals surface area contributed by atoms with E-state index in [2.05, 4.69) is 27.6 Å². The van der Waals surface area contributed by atoms with Gasteiger partial charge in [-0.2, -0.15) is 4.98 Å². The van der Waals surface area contributed by atoms with Gasteiger partial charge in [0.05, 0.1) is 7.11 Å². The minimum Gasteiger partial charge on any atom is -0.497 e. The average Bonchev–Trinajstić information content (AvgIpc) is 3.23. The minimum atomic E-state index is -0.0297. The van der Waals surface area contributed by atoms with Crippen LogP contribution in [0.3, 0.4) is 0 Å². The molecule has 0 bridgehead atoms. The number of anilines is 1. The average molecular weight is 365 g/mol. The number of benzene rings is 2. The van der Waals surface area contributed by atoms with Crippen molar-refractivity contribution >= 4 is 5.95 Å². The Labute approximate surface area is 158 Å². The fourth-order valence-electron chi connectivity index (χ4n) is 3.52. The number of hydrogen-bond acceptors (Lipinski definition) is 6. The number of methoxy groups -OCH3 is 1. The summed E-state index contributed by atoms with van der Waals surface area (Å²) >= 11 is 0. The van der Waals surface area contributed by atoms with Crippen LogP contribution in [0.2, 0.25) is 0 Å². The molecule has 140 valence electrons. The van der Waals surface area contributed by atoms with E-state index in [4.69, 9.17) is 14.0 Å². The standard InChI is InChI=1S/C21H23N3O3/c1-25-18-9-7-17(8-10-18)21(11-13-26-14-12-21)15-22-20-23-19(27-24-20)16-5-3-2-4-6-16/h2-10H,11-15H2,1H3,(H,22,24). The summed E-state index contributed by atoms with van der Waals surface area (Å²) < 4.78 is 16.3. The third-order valence-corrected chi connectivity index (χ3v) is 5.18. The van der Waals surface area contributed by atoms with Crippen LogP contribution in [0.15, 0.2) is 59.1 Å². The van der Waals surface area contributed by atoms with Gasteiger partial charge in [-0.1, -0.05) is 30.3 Å². The highest BCUT2D eigenvalue weighted by Gasteiger charge is 2.34. The maximum absolute atomic E-state index is 5.60. The summed E-state index contributed by atoms with van der Waals surface area (Å²) in [6.45, 7) is 2.21. The van der Waals surface area contributed by atoms with Gasteiger partial charge < -0.3 is 19.3 Å². The first-order valence-corrected chi connectivity index (χ1v) is 9.14. The van der Waals surface area contributed by atoms with Crippen LogP contribution >= 0.6 is 0 Å². The zero-order valence-corrected chi connectivity index (χ0v) is 15.4. The minimum absolute atomic E-state index is 0.0297. The lowest BCUT2D eigenvalue weighted by Crippen LogP contribution is -2.40. The molecule has 0 spiro atoms. The second-order valence-electron chi connectivity index (χ2n) is 6.76. The fourth-order valence-corrected chi connectivity index (χ4v) is 3.52. The summed E-state index contributed by atoms with van der Waals surface area (Å²) in [4.78, 5) is 4.48. The van der Waals surface area contributed by atoms with Gasteiger partial charge in [0.15, 0.2) is 0 Å². The van der Waals surface area contributed by atoms with Crippen LogP contribution in [-0.4, -0.2) is 37.0 Å². The van der Waals surface area contributed by atoms with Gasteiger partial charge >= 0.3 is 0 Å². The van der Waals surface area contributed by atoms with Crippen LogP contribution in [0.5, 0.6) is 5.75 Å². The van der Waals surface area contributed by atoms with E-state index in [1.807, 2.05) is 42.5 Å². The van der Waals surface area contributed by atoms with Crippen molar-refractivity contribution in [1.82, 2.24) is 10.1 Å². The molecule has 0 saturated carbocycles. The predicted octanol–water partition coefficient (Wildman–Crippen LogP) is 3.91. The molecule has 27 heavy (non-hydrogen) atoms. The maximum Gasteiger partial charge on any atom is 0.263 e. The number of hydrogen-bond donors (Lipinski definition) is 1. The van der Waals surface area contributed by atoms with Crippen LogP contribution in [0.1, 0.15) is 18.4 Å². The van der Waals surface area contributed by atoms with Crippen molar-refractivity contribution in [3.8, 4) is 17.2 Å². The van der Waals surface area contributed by atoms with E-state index in [9.17, 15) is 0 Å². The van der Waals surface area contributed by atoms with Gasteiger partial charge in [0, 0.05) is 30.7 Å². The molecule has 0 unspecified atom stereocenters. The Morgan fingerprint density at radius 1 is 1.04 bits per heavy atom. The van der Waals surface area contributed by atoms with E-state index in [1.165, 1.54) is 5.56 Å². The molecule has 0 radical (unpaired) electrons. The van der Waals surface area contributed by atoms with Crippen LogP contribution in [0.25, 0.3) is 11.5 Å². The number of aromatic nitrogens is 2. The quantitative estimate of drug-likeness (QED) is 0.714. The number of rotatable bonds is 6. The largest absolute Gasteiger partial charge is 0.497 e. The van der Waals surface area contributed by atoms with Gasteiger partial charge in [-0.3, -0.25) is 0 Å². The molecular weight excluding hydrogens is 342 g/mol. The number of nitrogens with zero attached hydrogens (tertiary/aromatic N) is 2. The zero-order valence-electron chi connectivity index (χ0n) is 15.4. The summed E-state index contributed by atoms with van der Waals surface area (Å²) in [5.74, 6) is 1.89. The van der Waals surface area contributed by atoms with Crippen molar-refractivity contribution in [3.05, 3.63) is 60.2 Å². The molecule has 4 rings (SSSR count). The van der Waals surface area contributed by atoms with Gasteiger partial charge in [0.1, 0.15) is 5.75 Å². The Morgan fingerprint density at radius 2 is 1.78 bits per heavy atom. The lowest BCUT2D eigenvalue weighted by atomic mass is 9.74. The molecule has 1 fully saturated rings. The van der Waals surface area contributed by atoms with E-state index in [0.29, 0.717) is 11.8 Å². The van der Waals surface area contributed by atoms with Crippen molar-refractivity contribution in [1.29, 1.82) is 0 Å². The second-order valence-corrected chi connectivity index (χ2v) is 6.76. The molecule has 2 aromatic carbocycles. The molecule has 6 heteroatoms. The summed E-state index contributed by atoms with van der Waals surface area (Å²) in [7, 11) is 1.68. The highest BCUT2D eigenvalue weighted by Crippen LogP contribution is 2.36. The Kier molecular flexibility index (Phi) is 5.07. The predicted molar refractivity (Wildman–Crippen MR) is 103 cm³/mol. The molecule has 6 nitrogen and oxygen atoms in total. The molecule has 1 N–H and O–H groups in total. The smallest absolute Gasteiger partial charge is 0.263 e. The van der Waals surface area contributed by atoms with Crippen LogP contribution in [0, 0.1) is 0 Å². The fraction of sp³-hybridized carbons (Fsp3) is 0.333. The SMILES string of the molecule is COc1ccc(C2(CNc3noc(-c4ccccc4)n3)CCOCC2)cc1. The third-order valence-electron chi connectivity index (χ3n) is 5.18. The number of ether oxygens (including phenoxy) is 2. The molecule has 1 aliphatic rings. The van der Waals surface area contributed by atoms with Crippen molar-refractivity contribution in [2.45, 2.75) is 18.3 Å². The van der Waals surface area contributed by atoms with E-state index >= 15 is 0 Å². The summed E-state index contributed by atoms with van der Waals surface area (Å²) in [6.07, 6.45) is 1.88. The van der Waals surface area contributed by atoms with Gasteiger partial charge in [-0.25, -0.2) is 0 Å². The molecule has 1 aromatic heterocycles. The van der Waals surface area contributed by atoms with Crippen LogP contribution in [0.4, 0.5) is 5.95 Å². The summed E-state index contributed by atoms with van der Waals surface area (Å²) in [5, 5.41) is 7.45. The van der Waals surface area contributed by atoms with E-state index < -0.39 is 0 Å². The molecule has 1 aliphatic heterocycles. The normalized spacial score (nSPS) is 16.0. The van der Waals surface area contributed by atoms with Gasteiger partial charge in [-0.05, 0) is 47.8 Å². The van der Waals surface area contributed by atoms with Crippen LogP contribution in [-0.2, 0) is 10.2 Å². The Hall–Kier alpha value is -2.86. The third kappa shape index (κ3) is 3.80. The van der Waals surface area contributed by atoms with E-state index in [-0.39, 0.29) is 5.41 Å². The van der Waals surface area contributed by atoms with Crippen molar-refractivity contribution in [2.75, 3.05) is 32.2 Å². The summed E-state index contributed by atoms with van der Waals surface area (Å²) in [5.41, 5.74) is 2.15. The lowest BCUT2D eigenvalue weighted by Gasteiger charge is -2.37. The Balaban J connectivity index is 1.52. The second kappa shape index (κ2) is 7.80. The monoisotopic (exact) mass is 365 g/mol. The topological polar surface area (TPSA) is 69.4 Å². The first-order chi connectivity index (χ1) is 13.3. The van der Waals surface area contributed by atoms with E-state index in [0.717, 1.165) is 43.9 Å².